The first-order chi connectivity index (χ1) is 16.6. The standard InChI is InChI=1S/C24H38N4O7/c1-6-32-22(31)28(15-18(29)27-11-7-8-17(27)25-5)24(4)9-12-26(13-10-24)14-16-19(30)20-21(33-16)35-23(2,3)34-20/h16-17,19-21,30H,6-15H2,1-4H3/t16-,17+,19+,20-,21-/m1/s1. The van der Waals surface area contributed by atoms with Crippen molar-refractivity contribution >= 4 is 12.0 Å². The Morgan fingerprint density at radius 2 is 1.91 bits per heavy atom. The first-order valence-corrected chi connectivity index (χ1v) is 12.6. The number of ether oxygens (including phenoxy) is 4. The largest absolute Gasteiger partial charge is 0.450 e. The predicted octanol–water partition coefficient (Wildman–Crippen LogP) is 1.40. The zero-order valence-corrected chi connectivity index (χ0v) is 21.1. The van der Waals surface area contributed by atoms with E-state index in [1.165, 1.54) is 0 Å². The van der Waals surface area contributed by atoms with Gasteiger partial charge in [0.05, 0.1) is 6.61 Å². The number of aliphatic hydroxyl groups is 1. The topological polar surface area (TPSA) is 105 Å². The molecule has 4 aliphatic rings. The Labute approximate surface area is 207 Å². The minimum absolute atomic E-state index is 0.0976. The van der Waals surface area contributed by atoms with Crippen LogP contribution in [0, 0.1) is 6.57 Å². The molecule has 2 amide bonds. The summed E-state index contributed by atoms with van der Waals surface area (Å²) in [6.45, 7) is 17.2. The Bertz CT molecular complexity index is 838. The molecule has 4 heterocycles. The molecule has 5 atom stereocenters. The zero-order valence-electron chi connectivity index (χ0n) is 21.1. The van der Waals surface area contributed by atoms with Gasteiger partial charge in [-0.1, -0.05) is 0 Å². The summed E-state index contributed by atoms with van der Waals surface area (Å²) in [4.78, 5) is 34.8. The molecular weight excluding hydrogens is 456 g/mol. The highest BCUT2D eigenvalue weighted by Crippen LogP contribution is 2.38. The molecule has 1 N–H and O–H groups in total. The van der Waals surface area contributed by atoms with Crippen molar-refractivity contribution in [3.8, 4) is 0 Å². The number of piperidine rings is 1. The average molecular weight is 495 g/mol. The van der Waals surface area contributed by atoms with Crippen molar-refractivity contribution < 1.29 is 33.6 Å². The molecular formula is C24H38N4O7. The van der Waals surface area contributed by atoms with E-state index in [1.807, 2.05) is 6.92 Å². The zero-order chi connectivity index (χ0) is 25.4. The van der Waals surface area contributed by atoms with E-state index in [2.05, 4.69) is 9.74 Å². The van der Waals surface area contributed by atoms with Crippen LogP contribution in [0.3, 0.4) is 0 Å². The number of nitrogens with zero attached hydrogens (tertiary/aromatic N) is 4. The second kappa shape index (κ2) is 10.2. The maximum Gasteiger partial charge on any atom is 0.410 e. The van der Waals surface area contributed by atoms with Gasteiger partial charge in [0.1, 0.15) is 24.9 Å². The lowest BCUT2D eigenvalue weighted by Crippen LogP contribution is -2.59. The van der Waals surface area contributed by atoms with Crippen LogP contribution >= 0.6 is 0 Å². The maximum atomic E-state index is 13.0. The number of likely N-dealkylation sites (tertiary alicyclic amines) is 2. The lowest BCUT2D eigenvalue weighted by molar-refractivity contribution is -0.216. The molecule has 0 bridgehead atoms. The van der Waals surface area contributed by atoms with Crippen LogP contribution in [0.2, 0.25) is 0 Å². The summed E-state index contributed by atoms with van der Waals surface area (Å²) in [5.74, 6) is -0.983. The van der Waals surface area contributed by atoms with Crippen LogP contribution < -0.4 is 0 Å². The number of carbonyl (C=O) groups is 2. The second-order valence-corrected chi connectivity index (χ2v) is 10.6. The van der Waals surface area contributed by atoms with E-state index >= 15 is 0 Å². The summed E-state index contributed by atoms with van der Waals surface area (Å²) in [6.07, 6.45) is -0.474. The fourth-order valence-corrected chi connectivity index (χ4v) is 5.53. The molecule has 4 fully saturated rings. The Kier molecular flexibility index (Phi) is 7.60. The van der Waals surface area contributed by atoms with Crippen LogP contribution in [-0.4, -0.2) is 113 Å². The van der Waals surface area contributed by atoms with Crippen LogP contribution in [0.1, 0.15) is 53.4 Å². The number of hydrogen-bond donors (Lipinski definition) is 1. The summed E-state index contributed by atoms with van der Waals surface area (Å²) >= 11 is 0. The maximum absolute atomic E-state index is 13.0. The highest BCUT2D eigenvalue weighted by molar-refractivity contribution is 5.83. The summed E-state index contributed by atoms with van der Waals surface area (Å²) in [6, 6.07) is 0. The highest BCUT2D eigenvalue weighted by atomic mass is 16.8. The van der Waals surface area contributed by atoms with Gasteiger partial charge in [-0.3, -0.25) is 19.4 Å². The first kappa shape index (κ1) is 26.1. The van der Waals surface area contributed by atoms with Gasteiger partial charge >= 0.3 is 12.3 Å². The smallest absolute Gasteiger partial charge is 0.410 e. The van der Waals surface area contributed by atoms with Gasteiger partial charge in [-0.15, -0.1) is 0 Å². The lowest BCUT2D eigenvalue weighted by Gasteiger charge is -2.46. The monoisotopic (exact) mass is 494 g/mol. The molecule has 0 aliphatic carbocycles. The summed E-state index contributed by atoms with van der Waals surface area (Å²) < 4.78 is 22.8. The van der Waals surface area contributed by atoms with Gasteiger partial charge in [0.25, 0.3) is 0 Å². The molecule has 0 aromatic heterocycles. The number of carbonyl (C=O) groups excluding carboxylic acids is 2. The van der Waals surface area contributed by atoms with Crippen molar-refractivity contribution in [1.29, 1.82) is 0 Å². The molecule has 11 nitrogen and oxygen atoms in total. The van der Waals surface area contributed by atoms with Gasteiger partial charge in [-0.25, -0.2) is 11.4 Å². The van der Waals surface area contributed by atoms with E-state index in [0.29, 0.717) is 45.4 Å². The predicted molar refractivity (Wildman–Crippen MR) is 124 cm³/mol. The van der Waals surface area contributed by atoms with Crippen molar-refractivity contribution in [3.63, 3.8) is 0 Å². The van der Waals surface area contributed by atoms with Crippen molar-refractivity contribution in [3.05, 3.63) is 11.4 Å². The minimum atomic E-state index is -0.778. The number of fused-ring (bicyclic) bond motifs is 1. The van der Waals surface area contributed by atoms with E-state index in [1.54, 1.807) is 30.6 Å². The number of rotatable bonds is 6. The lowest BCUT2D eigenvalue weighted by atomic mass is 9.87. The molecule has 35 heavy (non-hydrogen) atoms. The van der Waals surface area contributed by atoms with E-state index < -0.39 is 48.2 Å². The van der Waals surface area contributed by atoms with Gasteiger partial charge in [0.2, 0.25) is 5.91 Å². The van der Waals surface area contributed by atoms with Crippen LogP contribution in [0.25, 0.3) is 4.85 Å². The quantitative estimate of drug-likeness (QED) is 0.553. The number of aliphatic hydroxyl groups excluding tert-OH is 1. The molecule has 0 aromatic rings. The van der Waals surface area contributed by atoms with E-state index in [0.717, 1.165) is 6.42 Å². The van der Waals surface area contributed by atoms with Gasteiger partial charge in [0, 0.05) is 38.1 Å². The summed E-state index contributed by atoms with van der Waals surface area (Å²) in [5.41, 5.74) is -0.562. The van der Waals surface area contributed by atoms with Gasteiger partial charge in [-0.05, 0) is 47.0 Å². The van der Waals surface area contributed by atoms with Crippen LogP contribution in [0.15, 0.2) is 0 Å². The van der Waals surface area contributed by atoms with Crippen LogP contribution in [0.4, 0.5) is 4.79 Å². The molecule has 0 radical (unpaired) electrons. The molecule has 196 valence electrons. The third kappa shape index (κ3) is 5.42. The average Bonchev–Trinajstić information content (AvgIpc) is 3.48. The highest BCUT2D eigenvalue weighted by Gasteiger charge is 2.54. The Balaban J connectivity index is 1.36. The normalized spacial score (nSPS) is 33.8. The number of hydrogen-bond acceptors (Lipinski definition) is 8. The number of amides is 2. The SMILES string of the molecule is [C-]#[N+][C@@H]1CCCN1C(=O)CN(C(=O)OCC)C1(C)CCN(C[C@H]2O[C@@H]3OC(C)(C)O[C@@H]3[C@H]2O)CC1. The molecule has 0 saturated carbocycles. The van der Waals surface area contributed by atoms with Gasteiger partial charge in [0.15, 0.2) is 12.1 Å². The van der Waals surface area contributed by atoms with Crippen molar-refractivity contribution in [2.45, 2.75) is 95.5 Å². The minimum Gasteiger partial charge on any atom is -0.450 e. The van der Waals surface area contributed by atoms with E-state index in [-0.39, 0.29) is 19.1 Å². The van der Waals surface area contributed by atoms with E-state index in [4.69, 9.17) is 25.5 Å². The molecule has 0 unspecified atom stereocenters. The van der Waals surface area contributed by atoms with Crippen molar-refractivity contribution in [2.24, 2.45) is 0 Å². The van der Waals surface area contributed by atoms with Crippen LogP contribution in [0.5, 0.6) is 0 Å². The van der Waals surface area contributed by atoms with Crippen LogP contribution in [-0.2, 0) is 23.7 Å². The molecule has 11 heteroatoms. The van der Waals surface area contributed by atoms with Crippen molar-refractivity contribution in [1.82, 2.24) is 14.7 Å². The molecule has 4 aliphatic heterocycles. The first-order valence-electron chi connectivity index (χ1n) is 12.6. The molecule has 4 saturated heterocycles. The molecule has 0 spiro atoms. The van der Waals surface area contributed by atoms with E-state index in [9.17, 15) is 14.7 Å². The fourth-order valence-electron chi connectivity index (χ4n) is 5.53. The summed E-state index contributed by atoms with van der Waals surface area (Å²) in [5, 5.41) is 10.7. The summed E-state index contributed by atoms with van der Waals surface area (Å²) in [7, 11) is 0. The molecule has 0 aromatic carbocycles. The Hall–Kier alpha value is -1.97. The molecule has 4 rings (SSSR count). The Morgan fingerprint density at radius 3 is 2.54 bits per heavy atom. The Morgan fingerprint density at radius 1 is 1.20 bits per heavy atom. The third-order valence-corrected chi connectivity index (χ3v) is 7.61. The second-order valence-electron chi connectivity index (χ2n) is 10.6. The van der Waals surface area contributed by atoms with Crippen molar-refractivity contribution in [2.75, 3.05) is 39.3 Å². The fraction of sp³-hybridized carbons (Fsp3) is 0.875. The third-order valence-electron chi connectivity index (χ3n) is 7.61. The van der Waals surface area contributed by atoms with Gasteiger partial charge in [-0.2, -0.15) is 0 Å². The van der Waals surface area contributed by atoms with Gasteiger partial charge < -0.3 is 29.0 Å².